The van der Waals surface area contributed by atoms with Gasteiger partial charge < -0.3 is 10.2 Å². The van der Waals surface area contributed by atoms with Crippen LogP contribution in [0.2, 0.25) is 0 Å². The summed E-state index contributed by atoms with van der Waals surface area (Å²) in [7, 11) is 3.79. The van der Waals surface area contributed by atoms with E-state index in [1.54, 1.807) is 15.7 Å². The Kier molecular flexibility index (Phi) is 7.95. The van der Waals surface area contributed by atoms with Crippen molar-refractivity contribution in [3.8, 4) is 0 Å². The maximum atomic E-state index is 13.5. The van der Waals surface area contributed by atoms with Crippen molar-refractivity contribution in [2.45, 2.75) is 82.8 Å². The van der Waals surface area contributed by atoms with Crippen LogP contribution in [0, 0.1) is 5.92 Å². The summed E-state index contributed by atoms with van der Waals surface area (Å²) in [5, 5.41) is 14.6. The summed E-state index contributed by atoms with van der Waals surface area (Å²) < 4.78 is 3.55. The minimum Gasteiger partial charge on any atom is -0.369 e. The molecule has 13 nitrogen and oxygen atoms in total. The highest BCUT2D eigenvalue weighted by Gasteiger charge is 2.46. The molecule has 0 spiro atoms. The molecule has 4 atom stereocenters. The molecule has 7 rings (SSSR count). The zero-order chi connectivity index (χ0) is 32.1. The molecule has 1 amide bonds. The number of allylic oxidation sites excluding steroid dienone is 1. The van der Waals surface area contributed by atoms with Gasteiger partial charge in [0.15, 0.2) is 11.4 Å². The van der Waals surface area contributed by atoms with Crippen LogP contribution in [0.5, 0.6) is 0 Å². The fourth-order valence-electron chi connectivity index (χ4n) is 7.75. The van der Waals surface area contributed by atoms with Gasteiger partial charge in [0, 0.05) is 63.0 Å². The van der Waals surface area contributed by atoms with Crippen molar-refractivity contribution in [2.24, 2.45) is 23.0 Å². The lowest BCUT2D eigenvalue weighted by atomic mass is 9.84. The zero-order valence-corrected chi connectivity index (χ0v) is 27.1. The van der Waals surface area contributed by atoms with Gasteiger partial charge >= 0.3 is 0 Å². The number of amidine groups is 1. The molecule has 242 valence electrons. The summed E-state index contributed by atoms with van der Waals surface area (Å²) in [6, 6.07) is 2.08. The summed E-state index contributed by atoms with van der Waals surface area (Å²) >= 11 is 0. The number of aliphatic imine (C=N–C) groups is 2. The number of aryl methyl sites for hydroxylation is 1. The molecule has 0 aliphatic carbocycles. The second kappa shape index (κ2) is 12.1. The van der Waals surface area contributed by atoms with Crippen molar-refractivity contribution in [1.82, 2.24) is 39.7 Å². The minimum absolute atomic E-state index is 0.0376. The van der Waals surface area contributed by atoms with E-state index >= 15 is 0 Å². The Labute approximate surface area is 268 Å². The van der Waals surface area contributed by atoms with Crippen LogP contribution in [-0.4, -0.2) is 90.4 Å². The molecule has 7 heterocycles. The van der Waals surface area contributed by atoms with Crippen molar-refractivity contribution in [3.63, 3.8) is 0 Å². The number of aromatic nitrogens is 5. The van der Waals surface area contributed by atoms with E-state index in [9.17, 15) is 9.59 Å². The molecule has 3 aromatic heterocycles. The lowest BCUT2D eigenvalue weighted by Gasteiger charge is -2.39. The number of Topliss-reactive ketones (excluding diaryl/α,β-unsaturated/α-hetero) is 1. The van der Waals surface area contributed by atoms with E-state index in [0.29, 0.717) is 54.0 Å². The molecule has 0 radical (unpaired) electrons. The van der Waals surface area contributed by atoms with Crippen LogP contribution >= 0.6 is 0 Å². The van der Waals surface area contributed by atoms with Gasteiger partial charge in [-0.05, 0) is 49.7 Å². The molecular formula is C33H43N11O2. The van der Waals surface area contributed by atoms with Crippen molar-refractivity contribution in [1.29, 1.82) is 0 Å². The van der Waals surface area contributed by atoms with Crippen LogP contribution in [0.4, 0.5) is 5.82 Å². The number of fused-ring (bicyclic) bond motifs is 5. The van der Waals surface area contributed by atoms with Crippen LogP contribution < -0.4 is 10.7 Å². The number of hydrogen-bond acceptors (Lipinski definition) is 10. The number of piperidine rings is 1. The second-order valence-electron chi connectivity index (χ2n) is 13.3. The first-order valence-corrected chi connectivity index (χ1v) is 16.5. The minimum atomic E-state index is -0.0931. The number of amides is 1. The van der Waals surface area contributed by atoms with Gasteiger partial charge in [-0.2, -0.15) is 14.7 Å². The average Bonchev–Trinajstić information content (AvgIpc) is 3.83. The fourth-order valence-corrected chi connectivity index (χ4v) is 7.75. The number of ketones is 1. The van der Waals surface area contributed by atoms with E-state index < -0.39 is 0 Å². The third kappa shape index (κ3) is 5.29. The molecule has 0 saturated carbocycles. The molecule has 3 aromatic rings. The standard InChI is InChI=1S/C33H43N11O2/c1-6-7-19(2)28(25-11-13-41(4)39-25)35-16-20(3)24-17-37-44-31(24)38-29(27-26(45)10-12-34-32(27)44)21-14-22-8-9-23(15-21)43(22)33(46)30-36-18-42(5)40-30/h11,13,16-17,19,21-23,28,34H,3,6-10,12,14-15,18H2,1-2,4-5H3,(H,36,40). The average molecular weight is 626 g/mol. The van der Waals surface area contributed by atoms with Gasteiger partial charge in [-0.3, -0.25) is 24.7 Å². The van der Waals surface area contributed by atoms with Crippen LogP contribution in [-0.2, 0) is 11.8 Å². The topological polar surface area (TPSA) is 137 Å². The van der Waals surface area contributed by atoms with E-state index in [0.717, 1.165) is 55.5 Å². The third-order valence-corrected chi connectivity index (χ3v) is 9.95. The summed E-state index contributed by atoms with van der Waals surface area (Å²) in [5.41, 5.74) is 7.58. The quantitative estimate of drug-likeness (QED) is 0.343. The van der Waals surface area contributed by atoms with E-state index in [1.165, 1.54) is 0 Å². The van der Waals surface area contributed by atoms with Crippen molar-refractivity contribution in [3.05, 3.63) is 47.6 Å². The van der Waals surface area contributed by atoms with Gasteiger partial charge in [-0.1, -0.05) is 26.8 Å². The van der Waals surface area contributed by atoms with Gasteiger partial charge in [0.05, 0.1) is 29.2 Å². The first kappa shape index (κ1) is 30.3. The number of rotatable bonds is 9. The van der Waals surface area contributed by atoms with Gasteiger partial charge in [-0.15, -0.1) is 0 Å². The lowest BCUT2D eigenvalue weighted by molar-refractivity contribution is -0.128. The highest BCUT2D eigenvalue weighted by atomic mass is 16.2. The highest BCUT2D eigenvalue weighted by molar-refractivity contribution is 6.38. The lowest BCUT2D eigenvalue weighted by Crippen LogP contribution is -2.52. The van der Waals surface area contributed by atoms with Crippen molar-refractivity contribution >= 4 is 40.8 Å². The summed E-state index contributed by atoms with van der Waals surface area (Å²) in [5.74, 6) is 1.49. The summed E-state index contributed by atoms with van der Waals surface area (Å²) in [6.45, 7) is 9.78. The summed E-state index contributed by atoms with van der Waals surface area (Å²) in [6.07, 6.45) is 11.4. The van der Waals surface area contributed by atoms with Crippen molar-refractivity contribution in [2.75, 3.05) is 25.6 Å². The van der Waals surface area contributed by atoms with E-state index in [-0.39, 0.29) is 35.7 Å². The first-order valence-electron chi connectivity index (χ1n) is 16.5. The highest BCUT2D eigenvalue weighted by Crippen LogP contribution is 2.45. The Morgan fingerprint density at radius 2 is 2.02 bits per heavy atom. The molecule has 2 N–H and O–H groups in total. The van der Waals surface area contributed by atoms with Crippen LogP contribution in [0.25, 0.3) is 11.2 Å². The number of carbonyl (C=O) groups is 2. The Morgan fingerprint density at radius 1 is 1.24 bits per heavy atom. The van der Waals surface area contributed by atoms with E-state index in [2.05, 4.69) is 46.4 Å². The molecule has 13 heteroatoms. The number of carbonyl (C=O) groups excluding carboxylic acids is 2. The van der Waals surface area contributed by atoms with Crippen molar-refractivity contribution < 1.29 is 9.59 Å². The fraction of sp³-hybridized carbons (Fsp3) is 0.545. The SMILES string of the molecule is C=C(C=NC(c1ccn(C)n1)C(C)CCC)c1cnn2c3c(c(C4CC5CCC(C4)N5C(=O)C4=NCN(C)N4)nc12)C(=O)CCN3. The number of anilines is 1. The monoisotopic (exact) mass is 625 g/mol. The number of nitrogens with one attached hydrogen (secondary N) is 2. The molecule has 0 aromatic carbocycles. The van der Waals surface area contributed by atoms with Gasteiger partial charge in [-0.25, -0.2) is 15.0 Å². The first-order chi connectivity index (χ1) is 22.2. The van der Waals surface area contributed by atoms with Gasteiger partial charge in [0.1, 0.15) is 12.5 Å². The largest absolute Gasteiger partial charge is 0.369 e. The molecule has 4 aliphatic rings. The maximum absolute atomic E-state index is 13.5. The Bertz CT molecular complexity index is 1740. The predicted octanol–water partition coefficient (Wildman–Crippen LogP) is 3.77. The molecular weight excluding hydrogens is 582 g/mol. The Balaban J connectivity index is 1.21. The third-order valence-electron chi connectivity index (χ3n) is 9.95. The number of hydrogen-bond donors (Lipinski definition) is 2. The Hall–Kier alpha value is -4.39. The summed E-state index contributed by atoms with van der Waals surface area (Å²) in [4.78, 5) is 43.5. The maximum Gasteiger partial charge on any atom is 0.290 e. The number of nitrogens with zero attached hydrogens (tertiary/aromatic N) is 9. The molecule has 4 unspecified atom stereocenters. The van der Waals surface area contributed by atoms with Crippen LogP contribution in [0.15, 0.2) is 35.0 Å². The van der Waals surface area contributed by atoms with E-state index in [4.69, 9.17) is 9.98 Å². The number of hydrazine groups is 1. The molecule has 2 bridgehead atoms. The van der Waals surface area contributed by atoms with Crippen LogP contribution in [0.3, 0.4) is 0 Å². The van der Waals surface area contributed by atoms with E-state index in [1.807, 2.05) is 42.2 Å². The smallest absolute Gasteiger partial charge is 0.290 e. The molecule has 2 fully saturated rings. The molecule has 4 aliphatic heterocycles. The normalized spacial score (nSPS) is 24.2. The molecule has 46 heavy (non-hydrogen) atoms. The van der Waals surface area contributed by atoms with Gasteiger partial charge in [0.2, 0.25) is 5.84 Å². The van der Waals surface area contributed by atoms with Crippen LogP contribution in [0.1, 0.15) is 98.1 Å². The Morgan fingerprint density at radius 3 is 2.70 bits per heavy atom. The predicted molar refractivity (Wildman–Crippen MR) is 177 cm³/mol. The zero-order valence-electron chi connectivity index (χ0n) is 27.1. The van der Waals surface area contributed by atoms with Gasteiger partial charge in [0.25, 0.3) is 5.91 Å². The molecule has 2 saturated heterocycles. The second-order valence-corrected chi connectivity index (χ2v) is 13.3.